The smallest absolute Gasteiger partial charge is 0.150 e. The highest BCUT2D eigenvalue weighted by Crippen LogP contribution is 2.27. The van der Waals surface area contributed by atoms with Crippen LogP contribution in [0.2, 0.25) is 5.02 Å². The first-order valence-electron chi connectivity index (χ1n) is 5.09. The number of nitrogens with zero attached hydrogens (tertiary/aromatic N) is 2. The second-order valence-electron chi connectivity index (χ2n) is 3.57. The lowest BCUT2D eigenvalue weighted by Gasteiger charge is -2.10. The van der Waals surface area contributed by atoms with Crippen LogP contribution in [0.1, 0.15) is 11.1 Å². The van der Waals surface area contributed by atoms with Gasteiger partial charge in [0.1, 0.15) is 11.1 Å². The molecular formula is C13H10ClN3. The number of pyridine rings is 1. The average Bonchev–Trinajstić information content (AvgIpc) is 2.34. The molecule has 0 spiro atoms. The summed E-state index contributed by atoms with van der Waals surface area (Å²) in [5.41, 5.74) is 2.43. The van der Waals surface area contributed by atoms with E-state index in [0.717, 1.165) is 11.3 Å². The number of nitriles is 1. The maximum atomic E-state index is 8.87. The molecule has 0 fully saturated rings. The maximum Gasteiger partial charge on any atom is 0.150 e. The molecule has 0 saturated heterocycles. The van der Waals surface area contributed by atoms with E-state index >= 15 is 0 Å². The van der Waals surface area contributed by atoms with Gasteiger partial charge in [0.05, 0.1) is 5.56 Å². The van der Waals surface area contributed by atoms with E-state index in [2.05, 4.69) is 10.3 Å². The molecule has 0 aliphatic carbocycles. The molecule has 0 atom stereocenters. The molecule has 1 N–H and O–H groups in total. The largest absolute Gasteiger partial charge is 0.339 e. The third kappa shape index (κ3) is 2.38. The van der Waals surface area contributed by atoms with Gasteiger partial charge in [-0.1, -0.05) is 29.8 Å². The summed E-state index contributed by atoms with van der Waals surface area (Å²) in [7, 11) is 0. The Bertz CT molecular complexity index is 587. The Balaban J connectivity index is 2.38. The number of hydrogen-bond donors (Lipinski definition) is 1. The molecule has 0 radical (unpaired) electrons. The quantitative estimate of drug-likeness (QED) is 0.876. The summed E-state index contributed by atoms with van der Waals surface area (Å²) in [6, 6.07) is 11.4. The van der Waals surface area contributed by atoms with E-state index in [1.54, 1.807) is 12.3 Å². The summed E-state index contributed by atoms with van der Waals surface area (Å²) in [5.74, 6) is 0.500. The Morgan fingerprint density at radius 3 is 2.76 bits per heavy atom. The topological polar surface area (TPSA) is 48.7 Å². The highest BCUT2D eigenvalue weighted by atomic mass is 35.5. The van der Waals surface area contributed by atoms with Crippen LogP contribution < -0.4 is 5.32 Å². The van der Waals surface area contributed by atoms with Crippen LogP contribution in [0.15, 0.2) is 36.5 Å². The van der Waals surface area contributed by atoms with Crippen molar-refractivity contribution in [1.82, 2.24) is 4.98 Å². The van der Waals surface area contributed by atoms with Gasteiger partial charge in [-0.3, -0.25) is 0 Å². The van der Waals surface area contributed by atoms with Crippen molar-refractivity contribution in [3.8, 4) is 6.07 Å². The first kappa shape index (κ1) is 11.4. The van der Waals surface area contributed by atoms with Crippen molar-refractivity contribution < 1.29 is 0 Å². The number of halogens is 1. The molecule has 2 aromatic rings. The van der Waals surface area contributed by atoms with Crippen molar-refractivity contribution in [2.24, 2.45) is 0 Å². The van der Waals surface area contributed by atoms with E-state index < -0.39 is 0 Å². The highest BCUT2D eigenvalue weighted by Gasteiger charge is 2.07. The average molecular weight is 244 g/mol. The van der Waals surface area contributed by atoms with Gasteiger partial charge in [-0.25, -0.2) is 4.98 Å². The Morgan fingerprint density at radius 1 is 1.29 bits per heavy atom. The Morgan fingerprint density at radius 2 is 2.06 bits per heavy atom. The molecule has 0 amide bonds. The predicted octanol–water partition coefficient (Wildman–Crippen LogP) is 3.66. The van der Waals surface area contributed by atoms with Crippen molar-refractivity contribution in [1.29, 1.82) is 5.26 Å². The Labute approximate surface area is 105 Å². The molecule has 0 unspecified atom stereocenters. The fraction of sp³-hybridized carbons (Fsp3) is 0.0769. The number of aromatic nitrogens is 1. The molecule has 1 heterocycles. The van der Waals surface area contributed by atoms with Crippen molar-refractivity contribution in [3.05, 3.63) is 52.7 Å². The fourth-order valence-electron chi connectivity index (χ4n) is 1.46. The van der Waals surface area contributed by atoms with Crippen LogP contribution in [0.4, 0.5) is 11.5 Å². The minimum Gasteiger partial charge on any atom is -0.339 e. The van der Waals surface area contributed by atoms with E-state index in [4.69, 9.17) is 16.9 Å². The molecule has 0 bridgehead atoms. The lowest BCUT2D eigenvalue weighted by molar-refractivity contribution is 1.28. The van der Waals surface area contributed by atoms with Gasteiger partial charge in [0.25, 0.3) is 0 Å². The molecular weight excluding hydrogens is 234 g/mol. The molecule has 2 rings (SSSR count). The molecule has 1 aromatic heterocycles. The van der Waals surface area contributed by atoms with Crippen molar-refractivity contribution in [3.63, 3.8) is 0 Å². The Kier molecular flexibility index (Phi) is 3.27. The van der Waals surface area contributed by atoms with E-state index in [9.17, 15) is 0 Å². The van der Waals surface area contributed by atoms with Crippen LogP contribution in [0, 0.1) is 18.3 Å². The fourth-order valence-corrected chi connectivity index (χ4v) is 1.66. The maximum absolute atomic E-state index is 8.87. The van der Waals surface area contributed by atoms with Gasteiger partial charge in [-0.05, 0) is 24.6 Å². The molecule has 1 aromatic carbocycles. The van der Waals surface area contributed by atoms with Crippen molar-refractivity contribution >= 4 is 23.1 Å². The number of rotatable bonds is 2. The first-order chi connectivity index (χ1) is 8.22. The molecule has 4 heteroatoms. The summed E-state index contributed by atoms with van der Waals surface area (Å²) in [5, 5.41) is 12.3. The number of para-hydroxylation sites is 1. The Hall–Kier alpha value is -2.05. The second kappa shape index (κ2) is 4.86. The van der Waals surface area contributed by atoms with Gasteiger partial charge >= 0.3 is 0 Å². The lowest BCUT2D eigenvalue weighted by atomic mass is 10.2. The van der Waals surface area contributed by atoms with E-state index in [1.807, 2.05) is 37.3 Å². The monoisotopic (exact) mass is 243 g/mol. The first-order valence-corrected chi connectivity index (χ1v) is 5.47. The summed E-state index contributed by atoms with van der Waals surface area (Å²) < 4.78 is 0. The number of anilines is 2. The van der Waals surface area contributed by atoms with Gasteiger partial charge < -0.3 is 5.32 Å². The van der Waals surface area contributed by atoms with Crippen LogP contribution in [-0.2, 0) is 0 Å². The van der Waals surface area contributed by atoms with Crippen LogP contribution in [0.25, 0.3) is 0 Å². The van der Waals surface area contributed by atoms with Gasteiger partial charge in [0.2, 0.25) is 0 Å². The van der Waals surface area contributed by atoms with Crippen LogP contribution in [0.3, 0.4) is 0 Å². The lowest BCUT2D eigenvalue weighted by Crippen LogP contribution is -1.97. The van der Waals surface area contributed by atoms with Crippen molar-refractivity contribution in [2.45, 2.75) is 6.92 Å². The molecule has 0 saturated carbocycles. The van der Waals surface area contributed by atoms with Crippen LogP contribution in [0.5, 0.6) is 0 Å². The van der Waals surface area contributed by atoms with Crippen molar-refractivity contribution in [2.75, 3.05) is 5.32 Å². The van der Waals surface area contributed by atoms with Gasteiger partial charge in [0.15, 0.2) is 5.82 Å². The number of nitrogens with one attached hydrogen (secondary N) is 1. The number of benzene rings is 1. The summed E-state index contributed by atoms with van der Waals surface area (Å²) in [4.78, 5) is 4.13. The zero-order valence-electron chi connectivity index (χ0n) is 9.24. The van der Waals surface area contributed by atoms with Crippen LogP contribution in [-0.4, -0.2) is 4.98 Å². The zero-order valence-corrected chi connectivity index (χ0v) is 9.99. The molecule has 0 aliphatic heterocycles. The van der Waals surface area contributed by atoms with Gasteiger partial charge in [0, 0.05) is 11.9 Å². The molecule has 3 nitrogen and oxygen atoms in total. The van der Waals surface area contributed by atoms with E-state index in [1.165, 1.54) is 0 Å². The third-order valence-electron chi connectivity index (χ3n) is 2.41. The predicted molar refractivity (Wildman–Crippen MR) is 68.4 cm³/mol. The second-order valence-corrected chi connectivity index (χ2v) is 3.95. The minimum absolute atomic E-state index is 0.346. The number of hydrogen-bond acceptors (Lipinski definition) is 3. The zero-order chi connectivity index (χ0) is 12.3. The molecule has 0 aliphatic rings. The standard InChI is InChI=1S/C13H10ClN3/c1-9-4-2-3-5-11(9)17-13-12(14)10(8-15)6-7-16-13/h2-7H,1H3,(H,16,17). The van der Waals surface area contributed by atoms with Gasteiger partial charge in [-0.2, -0.15) is 5.26 Å². The molecule has 84 valence electrons. The summed E-state index contributed by atoms with van der Waals surface area (Å²) in [6.45, 7) is 1.99. The number of aryl methyl sites for hydroxylation is 1. The highest BCUT2D eigenvalue weighted by molar-refractivity contribution is 6.34. The third-order valence-corrected chi connectivity index (χ3v) is 2.79. The van der Waals surface area contributed by atoms with Gasteiger partial charge in [-0.15, -0.1) is 0 Å². The minimum atomic E-state index is 0.346. The SMILES string of the molecule is Cc1ccccc1Nc1nccc(C#N)c1Cl. The van der Waals surface area contributed by atoms with E-state index in [-0.39, 0.29) is 0 Å². The van der Waals surface area contributed by atoms with Crippen LogP contribution >= 0.6 is 11.6 Å². The normalized spacial score (nSPS) is 9.71. The summed E-state index contributed by atoms with van der Waals surface area (Å²) >= 11 is 6.06. The molecule has 17 heavy (non-hydrogen) atoms. The summed E-state index contributed by atoms with van der Waals surface area (Å²) in [6.07, 6.45) is 1.56. The van der Waals surface area contributed by atoms with E-state index in [0.29, 0.717) is 16.4 Å².